The van der Waals surface area contributed by atoms with Crippen LogP contribution >= 0.6 is 15.9 Å². The van der Waals surface area contributed by atoms with E-state index in [0.29, 0.717) is 6.42 Å². The van der Waals surface area contributed by atoms with E-state index in [1.54, 1.807) is 0 Å². The van der Waals surface area contributed by atoms with Gasteiger partial charge in [0.05, 0.1) is 6.42 Å². The predicted molar refractivity (Wildman–Crippen MR) is 25.3 cm³/mol. The van der Waals surface area contributed by atoms with Crippen LogP contribution in [0.3, 0.4) is 0 Å². The van der Waals surface area contributed by atoms with E-state index in [9.17, 15) is 0 Å². The van der Waals surface area contributed by atoms with Crippen molar-refractivity contribution in [3.8, 4) is 0 Å². The molecule has 2 nitrogen and oxygen atoms in total. The average Bonchev–Trinajstić information content (AvgIpc) is 1.86. The third-order valence-corrected chi connectivity index (χ3v) is 0.852. The standard InChI is InChI=1S/C3H2BrNO/c4-3-1-2-6-5-3/h1H2. The maximum atomic E-state index is 4.35. The second-order valence-electron chi connectivity index (χ2n) is 0.880. The van der Waals surface area contributed by atoms with Crippen molar-refractivity contribution >= 4 is 20.6 Å². The Bertz CT molecular complexity index is 80.9. The maximum absolute atomic E-state index is 4.35. The molecule has 0 N–H and O–H groups in total. The highest BCUT2D eigenvalue weighted by Crippen LogP contribution is 2.07. The smallest absolute Gasteiger partial charge is 0.236 e. The number of rotatable bonds is 0. The van der Waals surface area contributed by atoms with Crippen LogP contribution in [-0.4, -0.2) is 4.62 Å². The van der Waals surface area contributed by atoms with Crippen LogP contribution in [0.15, 0.2) is 5.16 Å². The van der Waals surface area contributed by atoms with Crippen LogP contribution < -0.4 is 0 Å². The monoisotopic (exact) mass is 147 g/mol. The van der Waals surface area contributed by atoms with Crippen LogP contribution in [0.1, 0.15) is 6.42 Å². The van der Waals surface area contributed by atoms with Gasteiger partial charge in [-0.2, -0.15) is 0 Å². The Morgan fingerprint density at radius 1 is 2.00 bits per heavy atom. The van der Waals surface area contributed by atoms with E-state index >= 15 is 0 Å². The Labute approximate surface area is 44.3 Å². The van der Waals surface area contributed by atoms with Gasteiger partial charge < -0.3 is 4.84 Å². The van der Waals surface area contributed by atoms with E-state index in [2.05, 4.69) is 32.5 Å². The zero-order chi connectivity index (χ0) is 4.41. The summed E-state index contributed by atoms with van der Waals surface area (Å²) in [5.74, 6) is 0. The first kappa shape index (κ1) is 4.12. The van der Waals surface area contributed by atoms with E-state index in [0.717, 1.165) is 4.62 Å². The van der Waals surface area contributed by atoms with Gasteiger partial charge in [-0.15, -0.1) is 0 Å². The van der Waals surface area contributed by atoms with Gasteiger partial charge in [-0.3, -0.25) is 0 Å². The molecule has 0 aromatic heterocycles. The summed E-state index contributed by atoms with van der Waals surface area (Å²) in [7, 11) is 0. The number of hydrogen-bond donors (Lipinski definition) is 0. The lowest BCUT2D eigenvalue weighted by molar-refractivity contribution is 0.234. The van der Waals surface area contributed by atoms with E-state index in [-0.39, 0.29) is 0 Å². The molecule has 1 heterocycles. The molecule has 3 heteroatoms. The molecular formula is C3H2BrNO. The lowest BCUT2D eigenvalue weighted by Gasteiger charge is -1.72. The molecule has 0 unspecified atom stereocenters. The van der Waals surface area contributed by atoms with E-state index in [4.69, 9.17) is 0 Å². The highest BCUT2D eigenvalue weighted by molar-refractivity contribution is 9.18. The summed E-state index contributed by atoms with van der Waals surface area (Å²) >= 11 is 3.10. The Balaban J connectivity index is 2.45. The Morgan fingerprint density at radius 2 is 2.83 bits per heavy atom. The number of hydrogen-bond acceptors (Lipinski definition) is 2. The fourth-order valence-corrected chi connectivity index (χ4v) is 0.393. The van der Waals surface area contributed by atoms with E-state index < -0.39 is 0 Å². The summed E-state index contributed by atoms with van der Waals surface area (Å²) in [6.45, 7) is 2.52. The quantitative estimate of drug-likeness (QED) is 0.504. The molecule has 0 saturated carbocycles. The first-order valence-electron chi connectivity index (χ1n) is 1.51. The molecule has 0 aromatic rings. The Morgan fingerprint density at radius 3 is 3.00 bits per heavy atom. The third kappa shape index (κ3) is 0.712. The van der Waals surface area contributed by atoms with Gasteiger partial charge in [0.15, 0.2) is 0 Å². The van der Waals surface area contributed by atoms with Crippen molar-refractivity contribution in [1.29, 1.82) is 0 Å². The van der Waals surface area contributed by atoms with Gasteiger partial charge in [-0.1, -0.05) is 5.16 Å². The topological polar surface area (TPSA) is 21.6 Å². The first-order chi connectivity index (χ1) is 2.89. The summed E-state index contributed by atoms with van der Waals surface area (Å²) in [5.41, 5.74) is 0. The molecule has 0 fully saturated rings. The van der Waals surface area contributed by atoms with Crippen molar-refractivity contribution in [1.82, 2.24) is 0 Å². The number of oxime groups is 1. The highest BCUT2D eigenvalue weighted by atomic mass is 79.9. The Kier molecular flexibility index (Phi) is 1.10. The molecule has 1 aliphatic heterocycles. The maximum Gasteiger partial charge on any atom is 0.236 e. The lowest BCUT2D eigenvalue weighted by atomic mass is 10.5. The molecular weight excluding hydrogens is 146 g/mol. The average molecular weight is 148 g/mol. The third-order valence-electron chi connectivity index (χ3n) is 0.427. The number of halogens is 1. The molecule has 2 radical (unpaired) electrons. The predicted octanol–water partition coefficient (Wildman–Crippen LogP) is 1.15. The van der Waals surface area contributed by atoms with Crippen molar-refractivity contribution in [3.05, 3.63) is 6.61 Å². The minimum absolute atomic E-state index is 0.681. The molecule has 0 aliphatic carbocycles. The minimum atomic E-state index is 0.681. The molecule has 6 heavy (non-hydrogen) atoms. The molecule has 1 aliphatic rings. The highest BCUT2D eigenvalue weighted by Gasteiger charge is 2.03. The van der Waals surface area contributed by atoms with Gasteiger partial charge in [0.2, 0.25) is 6.61 Å². The molecule has 0 saturated heterocycles. The molecule has 0 atom stereocenters. The van der Waals surface area contributed by atoms with Gasteiger partial charge in [0.25, 0.3) is 0 Å². The molecule has 0 spiro atoms. The summed E-state index contributed by atoms with van der Waals surface area (Å²) in [6, 6.07) is 0. The van der Waals surface area contributed by atoms with Crippen molar-refractivity contribution < 1.29 is 4.84 Å². The van der Waals surface area contributed by atoms with Crippen molar-refractivity contribution in [2.75, 3.05) is 0 Å². The van der Waals surface area contributed by atoms with Crippen LogP contribution in [0, 0.1) is 6.61 Å². The number of nitrogens with zero attached hydrogens (tertiary/aromatic N) is 1. The van der Waals surface area contributed by atoms with Crippen molar-refractivity contribution in [2.45, 2.75) is 6.42 Å². The van der Waals surface area contributed by atoms with Crippen LogP contribution in [-0.2, 0) is 4.84 Å². The summed E-state index contributed by atoms with van der Waals surface area (Å²) < 4.78 is 0.808. The van der Waals surface area contributed by atoms with Crippen molar-refractivity contribution in [3.63, 3.8) is 0 Å². The molecule has 32 valence electrons. The summed E-state index contributed by atoms with van der Waals surface area (Å²) in [5, 5.41) is 3.46. The second-order valence-corrected chi connectivity index (χ2v) is 1.80. The SMILES string of the molecule is BrC1=NO[C]C1. The van der Waals surface area contributed by atoms with Gasteiger partial charge in [0, 0.05) is 0 Å². The van der Waals surface area contributed by atoms with Crippen LogP contribution in [0.2, 0.25) is 0 Å². The second kappa shape index (κ2) is 1.60. The minimum Gasteiger partial charge on any atom is -0.379 e. The first-order valence-corrected chi connectivity index (χ1v) is 2.30. The van der Waals surface area contributed by atoms with Gasteiger partial charge in [-0.05, 0) is 15.9 Å². The van der Waals surface area contributed by atoms with Crippen molar-refractivity contribution in [2.24, 2.45) is 5.16 Å². The summed E-state index contributed by atoms with van der Waals surface area (Å²) in [6.07, 6.45) is 0.681. The van der Waals surface area contributed by atoms with Gasteiger partial charge in [-0.25, -0.2) is 0 Å². The molecule has 0 aromatic carbocycles. The lowest BCUT2D eigenvalue weighted by Crippen LogP contribution is -1.71. The van der Waals surface area contributed by atoms with E-state index in [1.807, 2.05) is 0 Å². The summed E-state index contributed by atoms with van der Waals surface area (Å²) in [4.78, 5) is 4.35. The van der Waals surface area contributed by atoms with Crippen LogP contribution in [0.5, 0.6) is 0 Å². The molecule has 0 bridgehead atoms. The van der Waals surface area contributed by atoms with Crippen LogP contribution in [0.25, 0.3) is 0 Å². The van der Waals surface area contributed by atoms with Crippen LogP contribution in [0.4, 0.5) is 0 Å². The Hall–Kier alpha value is -0.0500. The fourth-order valence-electron chi connectivity index (χ4n) is 0.206. The fraction of sp³-hybridized carbons (Fsp3) is 0.333. The zero-order valence-electron chi connectivity index (χ0n) is 2.94. The van der Waals surface area contributed by atoms with Gasteiger partial charge in [0.1, 0.15) is 4.62 Å². The molecule has 1 rings (SSSR count). The largest absolute Gasteiger partial charge is 0.379 e. The zero-order valence-corrected chi connectivity index (χ0v) is 4.53. The van der Waals surface area contributed by atoms with E-state index in [1.165, 1.54) is 0 Å². The molecule has 0 amide bonds. The normalized spacial score (nSPS) is 19.8. The van der Waals surface area contributed by atoms with Gasteiger partial charge >= 0.3 is 0 Å².